The van der Waals surface area contributed by atoms with Gasteiger partial charge in [-0.25, -0.2) is 0 Å². The van der Waals surface area contributed by atoms with Crippen LogP contribution in [-0.4, -0.2) is 31.4 Å². The van der Waals surface area contributed by atoms with E-state index in [-0.39, 0.29) is 6.61 Å². The maximum Gasteiger partial charge on any atom is 0.119 e. The van der Waals surface area contributed by atoms with Gasteiger partial charge in [-0.2, -0.15) is 0 Å². The molecule has 0 heterocycles. The van der Waals surface area contributed by atoms with Crippen molar-refractivity contribution in [2.24, 2.45) is 5.92 Å². The van der Waals surface area contributed by atoms with E-state index in [2.05, 4.69) is 5.32 Å². The first kappa shape index (κ1) is 13.0. The van der Waals surface area contributed by atoms with Gasteiger partial charge in [-0.1, -0.05) is 19.1 Å². The van der Waals surface area contributed by atoms with Crippen molar-refractivity contribution in [3.8, 4) is 5.75 Å². The van der Waals surface area contributed by atoms with Crippen LogP contribution >= 0.6 is 0 Å². The van der Waals surface area contributed by atoms with Crippen LogP contribution in [0.2, 0.25) is 0 Å². The van der Waals surface area contributed by atoms with E-state index in [1.807, 2.05) is 38.1 Å². The lowest BCUT2D eigenvalue weighted by Gasteiger charge is -2.10. The van der Waals surface area contributed by atoms with Gasteiger partial charge in [0, 0.05) is 19.7 Å². The molecule has 0 aromatic heterocycles. The Hall–Kier alpha value is -1.06. The maximum atomic E-state index is 8.83. The van der Waals surface area contributed by atoms with Gasteiger partial charge in [-0.05, 0) is 30.5 Å². The number of nitrogens with one attached hydrogen (secondary N) is 1. The van der Waals surface area contributed by atoms with Gasteiger partial charge in [0.1, 0.15) is 12.4 Å². The summed E-state index contributed by atoms with van der Waals surface area (Å²) in [6.07, 6.45) is 0. The summed E-state index contributed by atoms with van der Waals surface area (Å²) in [7, 11) is 0. The Kier molecular flexibility index (Phi) is 5.90. The van der Waals surface area contributed by atoms with E-state index in [1.165, 1.54) is 5.56 Å². The smallest absolute Gasteiger partial charge is 0.119 e. The molecule has 16 heavy (non-hydrogen) atoms. The van der Waals surface area contributed by atoms with Crippen LogP contribution in [0.5, 0.6) is 5.75 Å². The molecule has 0 amide bonds. The van der Waals surface area contributed by atoms with E-state index < -0.39 is 0 Å². The molecule has 0 bridgehead atoms. The molecule has 1 aromatic carbocycles. The van der Waals surface area contributed by atoms with Crippen LogP contribution in [0.25, 0.3) is 0 Å². The van der Waals surface area contributed by atoms with E-state index >= 15 is 0 Å². The van der Waals surface area contributed by atoms with Crippen molar-refractivity contribution in [2.75, 3.05) is 26.3 Å². The fourth-order valence-corrected chi connectivity index (χ4v) is 1.36. The molecule has 0 spiro atoms. The minimum absolute atomic E-state index is 0.228. The minimum atomic E-state index is 0.228. The molecule has 1 atom stereocenters. The highest BCUT2D eigenvalue weighted by atomic mass is 16.5. The molecule has 0 saturated heterocycles. The normalized spacial score (nSPS) is 12.4. The minimum Gasteiger partial charge on any atom is -0.492 e. The number of benzene rings is 1. The van der Waals surface area contributed by atoms with Crippen molar-refractivity contribution in [3.05, 3.63) is 29.8 Å². The van der Waals surface area contributed by atoms with Gasteiger partial charge in [0.2, 0.25) is 0 Å². The van der Waals surface area contributed by atoms with E-state index in [1.54, 1.807) is 0 Å². The van der Waals surface area contributed by atoms with Gasteiger partial charge in [-0.3, -0.25) is 0 Å². The highest BCUT2D eigenvalue weighted by Crippen LogP contribution is 2.11. The summed E-state index contributed by atoms with van der Waals surface area (Å²) in [4.78, 5) is 0. The molecule has 0 fully saturated rings. The summed E-state index contributed by atoms with van der Waals surface area (Å²) in [6.45, 7) is 6.57. The molecular weight excluding hydrogens is 202 g/mol. The lowest BCUT2D eigenvalue weighted by Crippen LogP contribution is -2.27. The first-order valence-electron chi connectivity index (χ1n) is 5.73. The van der Waals surface area contributed by atoms with Crippen LogP contribution in [0.1, 0.15) is 12.5 Å². The average molecular weight is 223 g/mol. The number of aliphatic hydroxyl groups excluding tert-OH is 1. The number of aliphatic hydroxyl groups is 1. The van der Waals surface area contributed by atoms with Gasteiger partial charge in [0.15, 0.2) is 0 Å². The molecule has 0 aliphatic heterocycles. The van der Waals surface area contributed by atoms with Gasteiger partial charge in [0.25, 0.3) is 0 Å². The van der Waals surface area contributed by atoms with Crippen molar-refractivity contribution >= 4 is 0 Å². The third-order valence-electron chi connectivity index (χ3n) is 2.34. The van der Waals surface area contributed by atoms with Crippen LogP contribution in [0.4, 0.5) is 0 Å². The topological polar surface area (TPSA) is 41.5 Å². The molecule has 0 aliphatic rings. The molecule has 1 rings (SSSR count). The summed E-state index contributed by atoms with van der Waals surface area (Å²) in [5, 5.41) is 12.1. The molecular formula is C13H21NO2. The van der Waals surface area contributed by atoms with Gasteiger partial charge < -0.3 is 15.2 Å². The van der Waals surface area contributed by atoms with Crippen LogP contribution in [-0.2, 0) is 0 Å². The SMILES string of the molecule is Cc1cccc(OCCNCC(C)CO)c1. The number of hydrogen-bond donors (Lipinski definition) is 2. The average Bonchev–Trinajstić information content (AvgIpc) is 2.28. The molecule has 1 aromatic rings. The summed E-state index contributed by atoms with van der Waals surface area (Å²) in [5.74, 6) is 1.22. The van der Waals surface area contributed by atoms with E-state index in [0.29, 0.717) is 12.5 Å². The summed E-state index contributed by atoms with van der Waals surface area (Å²) < 4.78 is 5.58. The van der Waals surface area contributed by atoms with E-state index in [9.17, 15) is 0 Å². The third kappa shape index (κ3) is 5.14. The second-order valence-corrected chi connectivity index (χ2v) is 4.16. The Bertz CT molecular complexity index is 302. The maximum absolute atomic E-state index is 8.83. The van der Waals surface area contributed by atoms with Crippen LogP contribution < -0.4 is 10.1 Å². The first-order chi connectivity index (χ1) is 7.72. The fourth-order valence-electron chi connectivity index (χ4n) is 1.36. The monoisotopic (exact) mass is 223 g/mol. The number of aryl methyl sites for hydroxylation is 1. The van der Waals surface area contributed by atoms with Crippen molar-refractivity contribution < 1.29 is 9.84 Å². The van der Waals surface area contributed by atoms with Gasteiger partial charge >= 0.3 is 0 Å². The molecule has 90 valence electrons. The zero-order valence-electron chi connectivity index (χ0n) is 10.1. The molecule has 0 radical (unpaired) electrons. The fraction of sp³-hybridized carbons (Fsp3) is 0.538. The number of ether oxygens (including phenoxy) is 1. The van der Waals surface area contributed by atoms with E-state index in [4.69, 9.17) is 9.84 Å². The van der Waals surface area contributed by atoms with E-state index in [0.717, 1.165) is 18.8 Å². The highest BCUT2D eigenvalue weighted by molar-refractivity contribution is 5.27. The zero-order chi connectivity index (χ0) is 11.8. The number of hydrogen-bond acceptors (Lipinski definition) is 3. The quantitative estimate of drug-likeness (QED) is 0.690. The molecule has 0 saturated carbocycles. The zero-order valence-corrected chi connectivity index (χ0v) is 10.1. The Morgan fingerprint density at radius 1 is 1.44 bits per heavy atom. The Balaban J connectivity index is 2.12. The van der Waals surface area contributed by atoms with Crippen molar-refractivity contribution in [1.82, 2.24) is 5.32 Å². The first-order valence-corrected chi connectivity index (χ1v) is 5.73. The standard InChI is InChI=1S/C13H21NO2/c1-11-4-3-5-13(8-11)16-7-6-14-9-12(2)10-15/h3-5,8,12,14-15H,6-7,9-10H2,1-2H3. The van der Waals surface area contributed by atoms with Crippen molar-refractivity contribution in [3.63, 3.8) is 0 Å². The molecule has 0 aliphatic carbocycles. The Morgan fingerprint density at radius 2 is 2.25 bits per heavy atom. The van der Waals surface area contributed by atoms with Crippen LogP contribution in [0, 0.1) is 12.8 Å². The Morgan fingerprint density at radius 3 is 2.94 bits per heavy atom. The summed E-state index contributed by atoms with van der Waals surface area (Å²) in [5.41, 5.74) is 1.21. The van der Waals surface area contributed by atoms with Crippen molar-refractivity contribution in [1.29, 1.82) is 0 Å². The van der Waals surface area contributed by atoms with Crippen molar-refractivity contribution in [2.45, 2.75) is 13.8 Å². The molecule has 2 N–H and O–H groups in total. The summed E-state index contributed by atoms with van der Waals surface area (Å²) >= 11 is 0. The molecule has 3 heteroatoms. The molecule has 1 unspecified atom stereocenters. The lowest BCUT2D eigenvalue weighted by atomic mass is 10.2. The second-order valence-electron chi connectivity index (χ2n) is 4.16. The van der Waals surface area contributed by atoms with Crippen LogP contribution in [0.15, 0.2) is 24.3 Å². The second kappa shape index (κ2) is 7.25. The molecule has 3 nitrogen and oxygen atoms in total. The Labute approximate surface area is 97.4 Å². The third-order valence-corrected chi connectivity index (χ3v) is 2.34. The largest absolute Gasteiger partial charge is 0.492 e. The van der Waals surface area contributed by atoms with Crippen LogP contribution in [0.3, 0.4) is 0 Å². The van der Waals surface area contributed by atoms with Gasteiger partial charge in [0.05, 0.1) is 0 Å². The predicted octanol–water partition coefficient (Wildman–Crippen LogP) is 1.59. The highest BCUT2D eigenvalue weighted by Gasteiger charge is 1.98. The summed E-state index contributed by atoms with van der Waals surface area (Å²) in [6, 6.07) is 8.03. The lowest BCUT2D eigenvalue weighted by molar-refractivity contribution is 0.230. The number of rotatable bonds is 7. The van der Waals surface area contributed by atoms with Gasteiger partial charge in [-0.15, -0.1) is 0 Å². The predicted molar refractivity (Wildman–Crippen MR) is 65.8 cm³/mol.